The zero-order valence-corrected chi connectivity index (χ0v) is 32.9. The highest BCUT2D eigenvalue weighted by Crippen LogP contribution is 2.41. The largest absolute Gasteiger partial charge is 0.367 e. The molecule has 0 radical (unpaired) electrons. The summed E-state index contributed by atoms with van der Waals surface area (Å²) in [5, 5.41) is 14.1. The Hall–Kier alpha value is -4.22. The predicted octanol–water partition coefficient (Wildman–Crippen LogP) is 5.23. The summed E-state index contributed by atoms with van der Waals surface area (Å²) in [6.45, 7) is 9.23. The van der Waals surface area contributed by atoms with E-state index >= 15 is 8.78 Å². The highest BCUT2D eigenvalue weighted by Gasteiger charge is 2.31. The molecular weight excluding hydrogens is 771 g/mol. The van der Waals surface area contributed by atoms with E-state index in [-0.39, 0.29) is 70.2 Å². The Morgan fingerprint density at radius 2 is 1.38 bits per heavy atom. The monoisotopic (exact) mass is 811 g/mol. The van der Waals surface area contributed by atoms with Crippen molar-refractivity contribution >= 4 is 74.4 Å². The summed E-state index contributed by atoms with van der Waals surface area (Å²) in [6, 6.07) is 5.31. The van der Waals surface area contributed by atoms with E-state index in [0.29, 0.717) is 58.6 Å². The van der Waals surface area contributed by atoms with Gasteiger partial charge in [-0.15, -0.1) is 35.0 Å². The third-order valence-electron chi connectivity index (χ3n) is 11.4. The zero-order chi connectivity index (χ0) is 36.1. The number of nitrogens with zero attached hydrogens (tertiary/aromatic N) is 11. The van der Waals surface area contributed by atoms with Crippen molar-refractivity contribution in [3.63, 3.8) is 0 Å². The summed E-state index contributed by atoms with van der Waals surface area (Å²) < 4.78 is 37.0. The van der Waals surface area contributed by atoms with Crippen LogP contribution in [0.3, 0.4) is 0 Å². The fourth-order valence-corrected chi connectivity index (χ4v) is 8.77. The number of pyridine rings is 3. The minimum atomic E-state index is -0.658. The second kappa shape index (κ2) is 14.4. The number of hydrogen-bond acceptors (Lipinski definition) is 11. The van der Waals surface area contributed by atoms with Crippen LogP contribution in [0, 0.1) is 11.8 Å². The van der Waals surface area contributed by atoms with Gasteiger partial charge >= 0.3 is 0 Å². The lowest BCUT2D eigenvalue weighted by molar-refractivity contribution is 0.270. The number of benzene rings is 1. The molecule has 6 aromatic rings. The summed E-state index contributed by atoms with van der Waals surface area (Å²) in [6.07, 6.45) is 7.41. The highest BCUT2D eigenvalue weighted by atomic mass is 35.5. The molecule has 13 nitrogen and oxygen atoms in total. The molecule has 2 saturated carbocycles. The van der Waals surface area contributed by atoms with E-state index in [1.807, 2.05) is 26.6 Å². The van der Waals surface area contributed by atoms with Crippen LogP contribution < -0.4 is 20.7 Å². The molecule has 18 heteroatoms. The summed E-state index contributed by atoms with van der Waals surface area (Å²) in [4.78, 5) is 41.5. The van der Waals surface area contributed by atoms with E-state index in [9.17, 15) is 9.59 Å². The second-order valence-electron chi connectivity index (χ2n) is 14.8. The number of hydrogen-bond donors (Lipinski definition) is 0. The number of piperazine rings is 2. The number of fused-ring (bicyclic) bond motifs is 3. The lowest BCUT2D eigenvalue weighted by Gasteiger charge is -2.35. The first kappa shape index (κ1) is 37.7. The molecule has 10 rings (SSSR count). The zero-order valence-electron chi connectivity index (χ0n) is 30.5. The molecule has 0 N–H and O–H groups in total. The number of aromatic nitrogens is 7. The van der Waals surface area contributed by atoms with Crippen molar-refractivity contribution in [3.05, 3.63) is 62.8 Å². The minimum Gasteiger partial charge on any atom is -0.367 e. The summed E-state index contributed by atoms with van der Waals surface area (Å²) in [7, 11) is 2.06. The van der Waals surface area contributed by atoms with Crippen LogP contribution >= 0.6 is 36.2 Å². The Morgan fingerprint density at radius 1 is 0.764 bits per heavy atom. The second-order valence-corrected chi connectivity index (χ2v) is 15.8. The number of halogens is 4. The lowest BCUT2D eigenvalue weighted by Crippen LogP contribution is -2.46. The van der Waals surface area contributed by atoms with E-state index in [1.54, 1.807) is 12.3 Å². The van der Waals surface area contributed by atoms with E-state index in [2.05, 4.69) is 43.5 Å². The molecule has 7 heterocycles. The maximum atomic E-state index is 15.7. The maximum absolute atomic E-state index is 15.7. The first-order chi connectivity index (χ1) is 25.7. The Morgan fingerprint density at radius 3 is 2.05 bits per heavy atom. The van der Waals surface area contributed by atoms with Gasteiger partial charge in [0.25, 0.3) is 0 Å². The Balaban J connectivity index is 0.00000214. The third kappa shape index (κ3) is 6.45. The van der Waals surface area contributed by atoms with Crippen molar-refractivity contribution in [1.82, 2.24) is 43.7 Å². The fraction of sp³-hybridized carbons (Fsp3) is 0.459. The Kier molecular flexibility index (Phi) is 9.85. The van der Waals surface area contributed by atoms with Crippen LogP contribution in [-0.4, -0.2) is 110 Å². The molecule has 2 saturated heterocycles. The molecule has 0 spiro atoms. The normalized spacial score (nSPS) is 18.3. The van der Waals surface area contributed by atoms with Gasteiger partial charge in [-0.3, -0.25) is 9.59 Å². The number of rotatable bonds is 7. The smallest absolute Gasteiger partial charge is 0.237 e. The van der Waals surface area contributed by atoms with Crippen molar-refractivity contribution in [3.8, 4) is 22.0 Å². The fourth-order valence-electron chi connectivity index (χ4n) is 7.92. The van der Waals surface area contributed by atoms with E-state index in [4.69, 9.17) is 5.10 Å². The van der Waals surface area contributed by atoms with Crippen molar-refractivity contribution < 1.29 is 8.78 Å². The molecule has 2 aliphatic carbocycles. The molecule has 1 aromatic carbocycles. The number of anilines is 2. The molecule has 0 amide bonds. The summed E-state index contributed by atoms with van der Waals surface area (Å²) >= 11 is 1.17. The van der Waals surface area contributed by atoms with Crippen LogP contribution in [0.1, 0.15) is 44.7 Å². The molecule has 5 aromatic heterocycles. The van der Waals surface area contributed by atoms with Gasteiger partial charge in [0.15, 0.2) is 10.8 Å². The summed E-state index contributed by atoms with van der Waals surface area (Å²) in [5.41, 5.74) is 2.05. The first-order valence-corrected chi connectivity index (χ1v) is 19.3. The van der Waals surface area contributed by atoms with Crippen molar-refractivity contribution in [1.29, 1.82) is 0 Å². The van der Waals surface area contributed by atoms with Gasteiger partial charge in [0.05, 0.1) is 33.5 Å². The quantitative estimate of drug-likeness (QED) is 0.199. The van der Waals surface area contributed by atoms with Gasteiger partial charge in [0, 0.05) is 82.2 Å². The van der Waals surface area contributed by atoms with Crippen LogP contribution in [0.25, 0.3) is 48.9 Å². The molecule has 290 valence electrons. The first-order valence-electron chi connectivity index (χ1n) is 18.5. The lowest BCUT2D eigenvalue weighted by atomic mass is 10.1. The third-order valence-corrected chi connectivity index (χ3v) is 12.3. The SMILES string of the molecule is CCN1CCN(c2cc3c(nc2F)c(=O)c(-c2nn4c(-c5cn(C6CC6)c6cc(N7CCN(C)CC7)c(F)cc6c5=O)nnc4s2)cn3C2CC2)CC1.Cl.Cl. The van der Waals surface area contributed by atoms with Crippen LogP contribution in [0.4, 0.5) is 20.2 Å². The van der Waals surface area contributed by atoms with Crippen molar-refractivity contribution in [2.75, 3.05) is 75.8 Å². The average molecular weight is 813 g/mol. The predicted molar refractivity (Wildman–Crippen MR) is 216 cm³/mol. The van der Waals surface area contributed by atoms with Crippen LogP contribution in [0.15, 0.2) is 40.2 Å². The molecule has 0 unspecified atom stereocenters. The average Bonchev–Trinajstić information content (AvgIpc) is 4.10. The molecule has 55 heavy (non-hydrogen) atoms. The van der Waals surface area contributed by atoms with E-state index < -0.39 is 17.2 Å². The van der Waals surface area contributed by atoms with Gasteiger partial charge in [0.2, 0.25) is 21.8 Å². The van der Waals surface area contributed by atoms with Crippen LogP contribution in [0.2, 0.25) is 0 Å². The van der Waals surface area contributed by atoms with E-state index in [0.717, 1.165) is 58.4 Å². The number of likely N-dealkylation sites (N-methyl/N-ethyl adjacent to an activating group) is 2. The van der Waals surface area contributed by atoms with Gasteiger partial charge in [-0.25, -0.2) is 9.37 Å². The van der Waals surface area contributed by atoms with Gasteiger partial charge in [-0.1, -0.05) is 18.3 Å². The van der Waals surface area contributed by atoms with Gasteiger partial charge in [-0.2, -0.15) is 14.0 Å². The molecule has 2 aliphatic heterocycles. The van der Waals surface area contributed by atoms with Gasteiger partial charge in [-0.05, 0) is 57.5 Å². The van der Waals surface area contributed by atoms with Crippen LogP contribution in [-0.2, 0) is 0 Å². The Bertz CT molecular complexity index is 2570. The molecular formula is C37H41Cl2F2N11O2S. The van der Waals surface area contributed by atoms with Crippen molar-refractivity contribution in [2.45, 2.75) is 44.7 Å². The Labute approximate surface area is 331 Å². The topological polar surface area (TPSA) is 113 Å². The van der Waals surface area contributed by atoms with Crippen molar-refractivity contribution in [2.24, 2.45) is 0 Å². The van der Waals surface area contributed by atoms with E-state index in [1.165, 1.54) is 21.9 Å². The van der Waals surface area contributed by atoms with Gasteiger partial charge < -0.3 is 28.7 Å². The molecule has 0 atom stereocenters. The van der Waals surface area contributed by atoms with Gasteiger partial charge in [0.1, 0.15) is 11.3 Å². The standard InChI is InChI=1S/C37H39F2N11O2S.2ClH/c1-3-45-10-14-47(15-11-45)30-18-29-31(40-34(30)39)33(52)25(20-49(29)22-6-7-22)36-43-50-35(41-42-37(50)53-36)24-19-48(21-4-5-21)27-17-28(26(38)16-23(27)32(24)51)46-12-8-44(2)9-13-46;;/h16-22H,3-15H2,1-2H3;2*1H. The minimum absolute atomic E-state index is 0. The summed E-state index contributed by atoms with van der Waals surface area (Å²) in [5.74, 6) is -0.872. The van der Waals surface area contributed by atoms with Crippen LogP contribution in [0.5, 0.6) is 0 Å². The molecule has 0 bridgehead atoms. The maximum Gasteiger partial charge on any atom is 0.237 e. The molecule has 4 fully saturated rings. The molecule has 4 aliphatic rings. The highest BCUT2D eigenvalue weighted by molar-refractivity contribution is 7.19.